The minimum absolute atomic E-state index is 0.0687. The number of hydrogen-bond acceptors (Lipinski definition) is 3. The molecule has 0 aliphatic carbocycles. The minimum atomic E-state index is -2.55. The second kappa shape index (κ2) is 3.40. The van der Waals surface area contributed by atoms with E-state index in [4.69, 9.17) is 9.89 Å². The Hall–Kier alpha value is -0.780. The van der Waals surface area contributed by atoms with Crippen LogP contribution in [0.2, 0.25) is 0 Å². The van der Waals surface area contributed by atoms with Crippen LogP contribution in [0.25, 0.3) is 0 Å². The summed E-state index contributed by atoms with van der Waals surface area (Å²) in [5.41, 5.74) is 0. The van der Waals surface area contributed by atoms with Gasteiger partial charge in [-0.1, -0.05) is 0 Å². The SMILES string of the molecule is CS(=N)(=O)CCNC(=O)O. The Balaban J connectivity index is 3.49. The Morgan fingerprint density at radius 1 is 1.80 bits per heavy atom. The lowest BCUT2D eigenvalue weighted by Crippen LogP contribution is -2.26. The van der Waals surface area contributed by atoms with Crippen molar-refractivity contribution in [2.75, 3.05) is 18.6 Å². The predicted molar refractivity (Wildman–Crippen MR) is 37.7 cm³/mol. The van der Waals surface area contributed by atoms with E-state index in [1.54, 1.807) is 0 Å². The van der Waals surface area contributed by atoms with Crippen LogP contribution in [0.15, 0.2) is 0 Å². The van der Waals surface area contributed by atoms with Crippen LogP contribution < -0.4 is 5.32 Å². The Kier molecular flexibility index (Phi) is 3.14. The fraction of sp³-hybridized carbons (Fsp3) is 0.750. The first-order valence-electron chi connectivity index (χ1n) is 2.60. The van der Waals surface area contributed by atoms with Gasteiger partial charge in [0.2, 0.25) is 0 Å². The summed E-state index contributed by atoms with van der Waals surface area (Å²) < 4.78 is 17.5. The van der Waals surface area contributed by atoms with Crippen molar-refractivity contribution in [3.63, 3.8) is 0 Å². The second-order valence-corrected chi connectivity index (χ2v) is 4.36. The summed E-state index contributed by atoms with van der Waals surface area (Å²) >= 11 is 0. The normalized spacial score (nSPS) is 15.7. The maximum Gasteiger partial charge on any atom is 0.404 e. The lowest BCUT2D eigenvalue weighted by Gasteiger charge is -1.99. The van der Waals surface area contributed by atoms with Crippen molar-refractivity contribution in [3.05, 3.63) is 0 Å². The van der Waals surface area contributed by atoms with Gasteiger partial charge < -0.3 is 10.4 Å². The second-order valence-electron chi connectivity index (χ2n) is 1.94. The van der Waals surface area contributed by atoms with Crippen LogP contribution in [0.4, 0.5) is 4.79 Å². The van der Waals surface area contributed by atoms with E-state index in [1.165, 1.54) is 6.26 Å². The van der Waals surface area contributed by atoms with E-state index in [0.29, 0.717) is 0 Å². The van der Waals surface area contributed by atoms with Gasteiger partial charge in [0.1, 0.15) is 0 Å². The zero-order valence-electron chi connectivity index (χ0n) is 5.59. The monoisotopic (exact) mass is 166 g/mol. The van der Waals surface area contributed by atoms with Crippen molar-refractivity contribution in [2.45, 2.75) is 0 Å². The topological polar surface area (TPSA) is 90.3 Å². The van der Waals surface area contributed by atoms with Crippen molar-refractivity contribution in [1.29, 1.82) is 4.78 Å². The van der Waals surface area contributed by atoms with E-state index < -0.39 is 15.8 Å². The number of carboxylic acid groups (broad SMARTS) is 1. The third-order valence-corrected chi connectivity index (χ3v) is 1.75. The van der Waals surface area contributed by atoms with Gasteiger partial charge in [0.25, 0.3) is 0 Å². The lowest BCUT2D eigenvalue weighted by atomic mass is 10.7. The van der Waals surface area contributed by atoms with Crippen LogP contribution in [0.3, 0.4) is 0 Å². The average molecular weight is 166 g/mol. The van der Waals surface area contributed by atoms with Crippen molar-refractivity contribution in [3.8, 4) is 0 Å². The van der Waals surface area contributed by atoms with Crippen LogP contribution in [0.1, 0.15) is 0 Å². The van der Waals surface area contributed by atoms with Gasteiger partial charge in [0.15, 0.2) is 0 Å². The van der Waals surface area contributed by atoms with Gasteiger partial charge >= 0.3 is 6.09 Å². The smallest absolute Gasteiger partial charge is 0.404 e. The molecule has 0 bridgehead atoms. The fourth-order valence-electron chi connectivity index (χ4n) is 0.353. The van der Waals surface area contributed by atoms with Crippen LogP contribution in [-0.2, 0) is 9.73 Å². The molecular formula is C4H10N2O3S. The van der Waals surface area contributed by atoms with Gasteiger partial charge in [-0.15, -0.1) is 0 Å². The van der Waals surface area contributed by atoms with Crippen molar-refractivity contribution in [2.24, 2.45) is 0 Å². The zero-order valence-corrected chi connectivity index (χ0v) is 6.40. The molecule has 1 amide bonds. The molecule has 0 heterocycles. The van der Waals surface area contributed by atoms with Gasteiger partial charge in [-0.3, -0.25) is 8.99 Å². The number of amides is 1. The number of nitrogens with one attached hydrogen (secondary N) is 2. The zero-order chi connectivity index (χ0) is 8.20. The quantitative estimate of drug-likeness (QED) is 0.548. The highest BCUT2D eigenvalue weighted by atomic mass is 32.2. The Morgan fingerprint density at radius 3 is 2.60 bits per heavy atom. The van der Waals surface area contributed by atoms with E-state index in [9.17, 15) is 9.00 Å². The Bertz CT molecular complexity index is 209. The molecule has 1 atom stereocenters. The molecule has 0 saturated carbocycles. The molecule has 0 fully saturated rings. The van der Waals surface area contributed by atoms with E-state index in [2.05, 4.69) is 0 Å². The first kappa shape index (κ1) is 9.22. The van der Waals surface area contributed by atoms with Crippen LogP contribution in [0.5, 0.6) is 0 Å². The summed E-state index contributed by atoms with van der Waals surface area (Å²) in [7, 11) is -2.55. The first-order chi connectivity index (χ1) is 4.42. The van der Waals surface area contributed by atoms with Gasteiger partial charge in [0.05, 0.1) is 0 Å². The molecule has 0 radical (unpaired) electrons. The maximum absolute atomic E-state index is 10.6. The molecule has 3 N–H and O–H groups in total. The molecule has 0 rings (SSSR count). The van der Waals surface area contributed by atoms with E-state index in [1.807, 2.05) is 5.32 Å². The Morgan fingerprint density at radius 2 is 2.30 bits per heavy atom. The molecule has 0 aliphatic rings. The molecule has 5 nitrogen and oxygen atoms in total. The lowest BCUT2D eigenvalue weighted by molar-refractivity contribution is 0.195. The molecule has 0 spiro atoms. The van der Waals surface area contributed by atoms with Crippen molar-refractivity contribution >= 4 is 15.8 Å². The summed E-state index contributed by atoms with van der Waals surface area (Å²) in [4.78, 5) is 9.82. The molecule has 60 valence electrons. The molecular weight excluding hydrogens is 156 g/mol. The number of hydrogen-bond donors (Lipinski definition) is 3. The van der Waals surface area contributed by atoms with E-state index in [0.717, 1.165) is 0 Å². The highest BCUT2D eigenvalue weighted by Crippen LogP contribution is 1.80. The van der Waals surface area contributed by atoms with Gasteiger partial charge in [-0.25, -0.2) is 4.79 Å². The van der Waals surface area contributed by atoms with E-state index in [-0.39, 0.29) is 12.3 Å². The highest BCUT2D eigenvalue weighted by molar-refractivity contribution is 7.91. The summed E-state index contributed by atoms with van der Waals surface area (Å²) in [6, 6.07) is 0. The maximum atomic E-state index is 10.6. The summed E-state index contributed by atoms with van der Waals surface area (Å²) in [6.07, 6.45) is 0.125. The minimum Gasteiger partial charge on any atom is -0.465 e. The molecule has 0 aliphatic heterocycles. The van der Waals surface area contributed by atoms with Gasteiger partial charge in [0, 0.05) is 28.3 Å². The molecule has 10 heavy (non-hydrogen) atoms. The van der Waals surface area contributed by atoms with Gasteiger partial charge in [-0.05, 0) is 0 Å². The molecule has 6 heteroatoms. The fourth-order valence-corrected chi connectivity index (χ4v) is 0.844. The highest BCUT2D eigenvalue weighted by Gasteiger charge is 1.98. The Labute approximate surface area is 59.4 Å². The van der Waals surface area contributed by atoms with Crippen molar-refractivity contribution in [1.82, 2.24) is 5.32 Å². The molecule has 1 unspecified atom stereocenters. The third-order valence-electron chi connectivity index (χ3n) is 0.768. The molecule has 0 aromatic carbocycles. The largest absolute Gasteiger partial charge is 0.465 e. The molecule has 0 aromatic rings. The standard InChI is InChI=1S/C4H10N2O3S/c1-10(5,9)3-2-6-4(7)8/h5-6H,2-3H2,1H3,(H,7,8). The average Bonchev–Trinajstić information content (AvgIpc) is 1.59. The van der Waals surface area contributed by atoms with Crippen molar-refractivity contribution < 1.29 is 14.1 Å². The molecule has 0 aromatic heterocycles. The summed E-state index contributed by atoms with van der Waals surface area (Å²) in [5, 5.41) is 10.1. The van der Waals surface area contributed by atoms with Crippen LogP contribution in [-0.4, -0.2) is 34.0 Å². The number of carbonyl (C=O) groups is 1. The third kappa shape index (κ3) is 7.22. The van der Waals surface area contributed by atoms with Crippen LogP contribution in [0, 0.1) is 4.78 Å². The molecule has 0 saturated heterocycles. The van der Waals surface area contributed by atoms with Gasteiger partial charge in [-0.2, -0.15) is 0 Å². The van der Waals surface area contributed by atoms with Crippen LogP contribution >= 0.6 is 0 Å². The predicted octanol–water partition coefficient (Wildman–Crippen LogP) is -0.0694. The first-order valence-corrected chi connectivity index (χ1v) is 4.73. The summed E-state index contributed by atoms with van der Waals surface area (Å²) in [5.74, 6) is 0.0687. The summed E-state index contributed by atoms with van der Waals surface area (Å²) in [6.45, 7) is 0.0775. The number of rotatable bonds is 3. The van der Waals surface area contributed by atoms with E-state index >= 15 is 0 Å².